The molecule has 78 valence electrons. The Labute approximate surface area is 94.0 Å². The van der Waals surface area contributed by atoms with Crippen LogP contribution in [0.2, 0.25) is 0 Å². The van der Waals surface area contributed by atoms with Crippen molar-refractivity contribution < 1.29 is 0 Å². The molecule has 1 N–H and O–H groups in total. The van der Waals surface area contributed by atoms with Gasteiger partial charge in [-0.05, 0) is 23.3 Å². The second-order valence-corrected chi connectivity index (χ2v) is 3.92. The Morgan fingerprint density at radius 1 is 1.06 bits per heavy atom. The zero-order valence-corrected chi connectivity index (χ0v) is 9.07. The number of fused-ring (bicyclic) bond motifs is 1. The van der Waals surface area contributed by atoms with Gasteiger partial charge in [-0.3, -0.25) is 0 Å². The number of aryl methyl sites for hydroxylation is 1. The highest BCUT2D eigenvalue weighted by molar-refractivity contribution is 5.96. The lowest BCUT2D eigenvalue weighted by atomic mass is 9.99. The highest BCUT2D eigenvalue weighted by Crippen LogP contribution is 2.29. The van der Waals surface area contributed by atoms with Gasteiger partial charge in [-0.2, -0.15) is 0 Å². The lowest BCUT2D eigenvalue weighted by Gasteiger charge is -2.07. The van der Waals surface area contributed by atoms with Gasteiger partial charge in [0.2, 0.25) is 0 Å². The molecule has 2 aromatic carbocycles. The third kappa shape index (κ3) is 1.31. The number of hydrogen-bond donors (Lipinski definition) is 1. The lowest BCUT2D eigenvalue weighted by Crippen LogP contribution is -1.87. The SMILES string of the molecule is Cc1ccc2ccccc2c1-c1ncc[nH]1. The molecule has 0 spiro atoms. The summed E-state index contributed by atoms with van der Waals surface area (Å²) in [5.74, 6) is 0.939. The first kappa shape index (κ1) is 9.16. The second-order valence-electron chi connectivity index (χ2n) is 3.92. The Balaban J connectivity index is 2.42. The van der Waals surface area contributed by atoms with Crippen molar-refractivity contribution >= 4 is 10.8 Å². The predicted molar refractivity (Wildman–Crippen MR) is 66.3 cm³/mol. The van der Waals surface area contributed by atoms with E-state index in [0.29, 0.717) is 0 Å². The summed E-state index contributed by atoms with van der Waals surface area (Å²) in [6, 6.07) is 12.7. The molecule has 2 nitrogen and oxygen atoms in total. The monoisotopic (exact) mass is 208 g/mol. The van der Waals surface area contributed by atoms with E-state index in [-0.39, 0.29) is 0 Å². The fourth-order valence-electron chi connectivity index (χ4n) is 2.10. The Kier molecular flexibility index (Phi) is 2.00. The summed E-state index contributed by atoms with van der Waals surface area (Å²) in [7, 11) is 0. The molecule has 3 aromatic rings. The molecular formula is C14H12N2. The van der Waals surface area contributed by atoms with E-state index in [1.54, 1.807) is 6.20 Å². The minimum atomic E-state index is 0.939. The number of nitrogens with one attached hydrogen (secondary N) is 1. The van der Waals surface area contributed by atoms with Crippen LogP contribution in [0.5, 0.6) is 0 Å². The highest BCUT2D eigenvalue weighted by atomic mass is 14.9. The molecule has 1 aromatic heterocycles. The maximum Gasteiger partial charge on any atom is 0.138 e. The minimum Gasteiger partial charge on any atom is -0.345 e. The number of nitrogens with zero attached hydrogens (tertiary/aromatic N) is 1. The number of imidazole rings is 1. The Bertz CT molecular complexity index is 624. The number of rotatable bonds is 1. The van der Waals surface area contributed by atoms with Gasteiger partial charge in [0, 0.05) is 18.0 Å². The van der Waals surface area contributed by atoms with Gasteiger partial charge in [0.15, 0.2) is 0 Å². The average Bonchev–Trinajstić information content (AvgIpc) is 2.82. The topological polar surface area (TPSA) is 28.7 Å². The molecular weight excluding hydrogens is 196 g/mol. The maximum atomic E-state index is 4.34. The molecule has 0 aliphatic heterocycles. The quantitative estimate of drug-likeness (QED) is 0.651. The number of hydrogen-bond acceptors (Lipinski definition) is 1. The number of benzene rings is 2. The van der Waals surface area contributed by atoms with Crippen LogP contribution < -0.4 is 0 Å². The van der Waals surface area contributed by atoms with E-state index in [1.165, 1.54) is 21.9 Å². The first-order valence-corrected chi connectivity index (χ1v) is 5.34. The average molecular weight is 208 g/mol. The van der Waals surface area contributed by atoms with Crippen molar-refractivity contribution in [2.24, 2.45) is 0 Å². The highest BCUT2D eigenvalue weighted by Gasteiger charge is 2.08. The molecule has 0 aliphatic rings. The zero-order chi connectivity index (χ0) is 11.0. The van der Waals surface area contributed by atoms with Crippen molar-refractivity contribution in [1.82, 2.24) is 9.97 Å². The van der Waals surface area contributed by atoms with Crippen LogP contribution in [-0.2, 0) is 0 Å². The molecule has 0 saturated carbocycles. The van der Waals surface area contributed by atoms with E-state index < -0.39 is 0 Å². The van der Waals surface area contributed by atoms with Gasteiger partial charge in [-0.25, -0.2) is 4.98 Å². The normalized spacial score (nSPS) is 10.8. The van der Waals surface area contributed by atoms with Crippen LogP contribution in [0.25, 0.3) is 22.2 Å². The summed E-state index contributed by atoms with van der Waals surface area (Å²) >= 11 is 0. The summed E-state index contributed by atoms with van der Waals surface area (Å²) < 4.78 is 0. The van der Waals surface area contributed by atoms with Gasteiger partial charge < -0.3 is 4.98 Å². The van der Waals surface area contributed by atoms with Crippen LogP contribution in [0, 0.1) is 6.92 Å². The fourth-order valence-corrected chi connectivity index (χ4v) is 2.10. The zero-order valence-electron chi connectivity index (χ0n) is 9.07. The molecule has 0 fully saturated rings. The number of aromatic amines is 1. The summed E-state index contributed by atoms with van der Waals surface area (Å²) in [5, 5.41) is 2.50. The number of aromatic nitrogens is 2. The van der Waals surface area contributed by atoms with Crippen LogP contribution in [0.4, 0.5) is 0 Å². The molecule has 0 unspecified atom stereocenters. The van der Waals surface area contributed by atoms with E-state index >= 15 is 0 Å². The van der Waals surface area contributed by atoms with Gasteiger partial charge in [0.25, 0.3) is 0 Å². The van der Waals surface area contributed by atoms with Crippen LogP contribution in [0.1, 0.15) is 5.56 Å². The third-order valence-electron chi connectivity index (χ3n) is 2.87. The molecule has 0 saturated heterocycles. The molecule has 16 heavy (non-hydrogen) atoms. The Hall–Kier alpha value is -2.09. The van der Waals surface area contributed by atoms with Crippen molar-refractivity contribution in [3.63, 3.8) is 0 Å². The van der Waals surface area contributed by atoms with Crippen LogP contribution in [0.3, 0.4) is 0 Å². The van der Waals surface area contributed by atoms with Crippen molar-refractivity contribution in [3.05, 3.63) is 54.4 Å². The van der Waals surface area contributed by atoms with E-state index in [4.69, 9.17) is 0 Å². The largest absolute Gasteiger partial charge is 0.345 e. The second kappa shape index (κ2) is 3.49. The van der Waals surface area contributed by atoms with Gasteiger partial charge in [0.05, 0.1) is 0 Å². The molecule has 0 bridgehead atoms. The molecule has 0 aliphatic carbocycles. The van der Waals surface area contributed by atoms with Crippen molar-refractivity contribution in [1.29, 1.82) is 0 Å². The van der Waals surface area contributed by atoms with Gasteiger partial charge in [-0.15, -0.1) is 0 Å². The predicted octanol–water partition coefficient (Wildman–Crippen LogP) is 3.54. The van der Waals surface area contributed by atoms with Crippen molar-refractivity contribution in [3.8, 4) is 11.4 Å². The van der Waals surface area contributed by atoms with E-state index in [2.05, 4.69) is 53.3 Å². The van der Waals surface area contributed by atoms with Crippen molar-refractivity contribution in [2.45, 2.75) is 6.92 Å². The smallest absolute Gasteiger partial charge is 0.138 e. The van der Waals surface area contributed by atoms with Crippen LogP contribution in [-0.4, -0.2) is 9.97 Å². The summed E-state index contributed by atoms with van der Waals surface area (Å²) in [4.78, 5) is 7.52. The third-order valence-corrected chi connectivity index (χ3v) is 2.87. The van der Waals surface area contributed by atoms with E-state index in [0.717, 1.165) is 5.82 Å². The standard InChI is InChI=1S/C14H12N2/c1-10-6-7-11-4-2-3-5-12(11)13(10)14-15-8-9-16-14/h2-9H,1H3,(H,15,16). The molecule has 0 atom stereocenters. The molecule has 1 heterocycles. The van der Waals surface area contributed by atoms with Crippen molar-refractivity contribution in [2.75, 3.05) is 0 Å². The van der Waals surface area contributed by atoms with E-state index in [1.807, 2.05) is 6.20 Å². The fraction of sp³-hybridized carbons (Fsp3) is 0.0714. The summed E-state index contributed by atoms with van der Waals surface area (Å²) in [5.41, 5.74) is 2.44. The minimum absolute atomic E-state index is 0.939. The lowest BCUT2D eigenvalue weighted by molar-refractivity contribution is 1.30. The maximum absolute atomic E-state index is 4.34. The van der Waals surface area contributed by atoms with Crippen LogP contribution in [0.15, 0.2) is 48.8 Å². The van der Waals surface area contributed by atoms with E-state index in [9.17, 15) is 0 Å². The van der Waals surface area contributed by atoms with Crippen LogP contribution >= 0.6 is 0 Å². The molecule has 0 amide bonds. The summed E-state index contributed by atoms with van der Waals surface area (Å²) in [6.07, 6.45) is 3.65. The van der Waals surface area contributed by atoms with Gasteiger partial charge >= 0.3 is 0 Å². The molecule has 3 rings (SSSR count). The van der Waals surface area contributed by atoms with Gasteiger partial charge in [0.1, 0.15) is 5.82 Å². The Morgan fingerprint density at radius 2 is 1.94 bits per heavy atom. The molecule has 0 radical (unpaired) electrons. The first-order chi connectivity index (χ1) is 7.86. The van der Waals surface area contributed by atoms with Gasteiger partial charge in [-0.1, -0.05) is 36.4 Å². The first-order valence-electron chi connectivity index (χ1n) is 5.34. The molecule has 2 heteroatoms. The summed E-state index contributed by atoms with van der Waals surface area (Å²) in [6.45, 7) is 2.12. The number of H-pyrrole nitrogens is 1. The Morgan fingerprint density at radius 3 is 2.75 bits per heavy atom.